The molecule has 1 aromatic heterocycles. The summed E-state index contributed by atoms with van der Waals surface area (Å²) in [6.45, 7) is 3.00. The minimum atomic E-state index is 0.206. The van der Waals surface area contributed by atoms with E-state index in [1.165, 1.54) is 27.7 Å². The van der Waals surface area contributed by atoms with E-state index in [9.17, 15) is 4.79 Å². The van der Waals surface area contributed by atoms with E-state index in [0.717, 1.165) is 19.4 Å². The van der Waals surface area contributed by atoms with Gasteiger partial charge >= 0.3 is 0 Å². The van der Waals surface area contributed by atoms with Gasteiger partial charge in [-0.15, -0.1) is 0 Å². The summed E-state index contributed by atoms with van der Waals surface area (Å²) >= 11 is 0. The van der Waals surface area contributed by atoms with Crippen LogP contribution >= 0.6 is 0 Å². The molecule has 98 valence electrons. The first kappa shape index (κ1) is 11.1. The van der Waals surface area contributed by atoms with Gasteiger partial charge < -0.3 is 9.88 Å². The fourth-order valence-electron chi connectivity index (χ4n) is 3.89. The number of aryl methyl sites for hydroxylation is 2. The van der Waals surface area contributed by atoms with Crippen molar-refractivity contribution in [3.05, 3.63) is 35.0 Å². The maximum absolute atomic E-state index is 12.2. The van der Waals surface area contributed by atoms with E-state index in [1.54, 1.807) is 0 Å². The Bertz CT molecular complexity index is 685. The number of benzene rings is 1. The number of nitrogens with zero attached hydrogens (tertiary/aromatic N) is 1. The second-order valence-electron chi connectivity index (χ2n) is 6.04. The summed E-state index contributed by atoms with van der Waals surface area (Å²) in [5.41, 5.74) is 5.27. The highest BCUT2D eigenvalue weighted by molar-refractivity contribution is 5.90. The number of hydrogen-bond acceptors (Lipinski definition) is 1. The maximum Gasteiger partial charge on any atom is 0.226 e. The molecular weight excluding hydrogens is 236 g/mol. The summed E-state index contributed by atoms with van der Waals surface area (Å²) in [5.74, 6) is 0.923. The van der Waals surface area contributed by atoms with Crippen molar-refractivity contribution in [1.29, 1.82) is 0 Å². The van der Waals surface area contributed by atoms with Crippen molar-refractivity contribution in [3.63, 3.8) is 0 Å². The molecular formula is C16H18N2O. The predicted octanol–water partition coefficient (Wildman–Crippen LogP) is 2.59. The Balaban J connectivity index is 1.95. The van der Waals surface area contributed by atoms with Crippen molar-refractivity contribution in [3.8, 4) is 0 Å². The highest BCUT2D eigenvalue weighted by atomic mass is 16.2. The van der Waals surface area contributed by atoms with Crippen molar-refractivity contribution in [2.24, 2.45) is 5.92 Å². The molecule has 2 aliphatic rings. The van der Waals surface area contributed by atoms with Gasteiger partial charge in [-0.2, -0.15) is 0 Å². The lowest BCUT2D eigenvalue weighted by Gasteiger charge is -2.23. The van der Waals surface area contributed by atoms with E-state index in [-0.39, 0.29) is 5.92 Å². The van der Waals surface area contributed by atoms with Crippen LogP contribution in [-0.2, 0) is 11.2 Å². The third kappa shape index (κ3) is 1.41. The highest BCUT2D eigenvalue weighted by Crippen LogP contribution is 2.44. The summed E-state index contributed by atoms with van der Waals surface area (Å²) in [5, 5.41) is 1.33. The molecule has 0 unspecified atom stereocenters. The summed E-state index contributed by atoms with van der Waals surface area (Å²) in [6.07, 6.45) is 2.00. The van der Waals surface area contributed by atoms with Crippen LogP contribution in [0.4, 0.5) is 0 Å². The fourth-order valence-corrected chi connectivity index (χ4v) is 3.89. The maximum atomic E-state index is 12.2. The lowest BCUT2D eigenvalue weighted by Crippen LogP contribution is -2.24. The number of aromatic amines is 1. The number of amides is 1. The minimum Gasteiger partial charge on any atom is -0.358 e. The Kier molecular flexibility index (Phi) is 2.12. The first-order valence-corrected chi connectivity index (χ1v) is 7.01. The Morgan fingerprint density at radius 1 is 1.32 bits per heavy atom. The van der Waals surface area contributed by atoms with Crippen LogP contribution in [0.1, 0.15) is 29.2 Å². The average Bonchev–Trinajstić information content (AvgIpc) is 2.88. The molecule has 1 N–H and O–H groups in total. The number of fused-ring (bicyclic) bond motifs is 5. The van der Waals surface area contributed by atoms with Gasteiger partial charge in [-0.1, -0.05) is 11.6 Å². The number of likely N-dealkylation sites (tertiary alicyclic amines) is 1. The number of likely N-dealkylation sites (N-methyl/N-ethyl adjacent to an activating group) is 1. The fraction of sp³-hybridized carbons (Fsp3) is 0.438. The molecule has 1 aliphatic carbocycles. The first-order chi connectivity index (χ1) is 9.15. The molecule has 0 spiro atoms. The summed E-state index contributed by atoms with van der Waals surface area (Å²) in [4.78, 5) is 17.6. The van der Waals surface area contributed by atoms with E-state index in [1.807, 2.05) is 11.9 Å². The number of rotatable bonds is 0. The van der Waals surface area contributed by atoms with Crippen LogP contribution in [-0.4, -0.2) is 29.4 Å². The zero-order valence-electron chi connectivity index (χ0n) is 11.4. The predicted molar refractivity (Wildman–Crippen MR) is 75.2 cm³/mol. The molecule has 1 aromatic carbocycles. The molecule has 0 bridgehead atoms. The van der Waals surface area contributed by atoms with Crippen molar-refractivity contribution in [1.82, 2.24) is 9.88 Å². The number of H-pyrrole nitrogens is 1. The monoisotopic (exact) mass is 254 g/mol. The topological polar surface area (TPSA) is 36.1 Å². The highest BCUT2D eigenvalue weighted by Gasteiger charge is 2.43. The molecule has 1 saturated heterocycles. The van der Waals surface area contributed by atoms with Gasteiger partial charge in [0.05, 0.1) is 0 Å². The lowest BCUT2D eigenvalue weighted by atomic mass is 9.78. The van der Waals surface area contributed by atoms with Crippen LogP contribution in [0.5, 0.6) is 0 Å². The largest absolute Gasteiger partial charge is 0.358 e. The van der Waals surface area contributed by atoms with Gasteiger partial charge in [0.15, 0.2) is 0 Å². The van der Waals surface area contributed by atoms with E-state index >= 15 is 0 Å². The minimum absolute atomic E-state index is 0.206. The number of carbonyl (C=O) groups is 1. The smallest absolute Gasteiger partial charge is 0.226 e. The summed E-state index contributed by atoms with van der Waals surface area (Å²) < 4.78 is 0. The number of nitrogens with one attached hydrogen (secondary N) is 1. The molecule has 3 nitrogen and oxygen atoms in total. The van der Waals surface area contributed by atoms with Crippen molar-refractivity contribution in [2.45, 2.75) is 25.7 Å². The van der Waals surface area contributed by atoms with Crippen molar-refractivity contribution in [2.75, 3.05) is 13.6 Å². The Morgan fingerprint density at radius 2 is 2.16 bits per heavy atom. The molecule has 2 aromatic rings. The van der Waals surface area contributed by atoms with Crippen molar-refractivity contribution >= 4 is 16.8 Å². The van der Waals surface area contributed by atoms with E-state index in [0.29, 0.717) is 11.8 Å². The molecule has 1 amide bonds. The van der Waals surface area contributed by atoms with Crippen LogP contribution in [0.3, 0.4) is 0 Å². The van der Waals surface area contributed by atoms with Crippen molar-refractivity contribution < 1.29 is 4.79 Å². The van der Waals surface area contributed by atoms with E-state index < -0.39 is 0 Å². The number of hydrogen-bond donors (Lipinski definition) is 1. The summed E-state index contributed by atoms with van der Waals surface area (Å²) in [7, 11) is 1.93. The lowest BCUT2D eigenvalue weighted by molar-refractivity contribution is -0.130. The molecule has 1 aliphatic heterocycles. The third-order valence-electron chi connectivity index (χ3n) is 4.80. The van der Waals surface area contributed by atoms with Crippen LogP contribution in [0.15, 0.2) is 18.2 Å². The normalized spacial score (nSPS) is 25.8. The van der Waals surface area contributed by atoms with Gasteiger partial charge in [0, 0.05) is 42.0 Å². The molecule has 3 heteroatoms. The zero-order chi connectivity index (χ0) is 13.1. The average molecular weight is 254 g/mol. The van der Waals surface area contributed by atoms with Crippen LogP contribution in [0.25, 0.3) is 10.9 Å². The van der Waals surface area contributed by atoms with Crippen LogP contribution in [0.2, 0.25) is 0 Å². The Hall–Kier alpha value is -1.77. The van der Waals surface area contributed by atoms with Gasteiger partial charge in [-0.25, -0.2) is 0 Å². The molecule has 4 rings (SSSR count). The van der Waals surface area contributed by atoms with Gasteiger partial charge in [0.2, 0.25) is 5.91 Å². The molecule has 19 heavy (non-hydrogen) atoms. The number of carbonyl (C=O) groups excluding carboxylic acids is 1. The summed E-state index contributed by atoms with van der Waals surface area (Å²) in [6, 6.07) is 6.57. The molecule has 1 fully saturated rings. The first-order valence-electron chi connectivity index (χ1n) is 7.01. The zero-order valence-corrected chi connectivity index (χ0v) is 11.4. The van der Waals surface area contributed by atoms with Gasteiger partial charge in [0.25, 0.3) is 0 Å². The Labute approximate surface area is 112 Å². The van der Waals surface area contributed by atoms with Crippen LogP contribution in [0, 0.1) is 12.8 Å². The standard InChI is InChI=1S/C16H18N2O/c1-9-3-5-13-11(7-9)15-12-8-18(2)16(19)10(12)4-6-14(15)17-13/h3,5,7,10,12,17H,4,6,8H2,1-2H3/t10-,12-/m1/s1. The van der Waals surface area contributed by atoms with Gasteiger partial charge in [-0.05, 0) is 37.5 Å². The second-order valence-corrected chi connectivity index (χ2v) is 6.04. The van der Waals surface area contributed by atoms with E-state index in [2.05, 4.69) is 30.1 Å². The number of aromatic nitrogens is 1. The van der Waals surface area contributed by atoms with Gasteiger partial charge in [-0.3, -0.25) is 4.79 Å². The van der Waals surface area contributed by atoms with Crippen LogP contribution < -0.4 is 0 Å². The Morgan fingerprint density at radius 3 is 3.00 bits per heavy atom. The third-order valence-corrected chi connectivity index (χ3v) is 4.80. The second kappa shape index (κ2) is 3.62. The molecule has 2 atom stereocenters. The molecule has 2 heterocycles. The quantitative estimate of drug-likeness (QED) is 0.770. The van der Waals surface area contributed by atoms with Gasteiger partial charge in [0.1, 0.15) is 0 Å². The SMILES string of the molecule is Cc1ccc2[nH]c3c(c2c1)[C@@H]1CN(C)C(=O)[C@@H]1CC3. The van der Waals surface area contributed by atoms with E-state index in [4.69, 9.17) is 0 Å². The molecule has 0 saturated carbocycles. The molecule has 0 radical (unpaired) electrons.